The average molecular weight is 362 g/mol. The number of aromatic nitrogens is 1. The summed E-state index contributed by atoms with van der Waals surface area (Å²) < 4.78 is 5.01. The Labute approximate surface area is 155 Å². The van der Waals surface area contributed by atoms with Crippen LogP contribution in [-0.4, -0.2) is 72.7 Å². The molecule has 0 unspecified atom stereocenters. The second-order valence-corrected chi connectivity index (χ2v) is 6.69. The Hall–Kier alpha value is -2.15. The van der Waals surface area contributed by atoms with Crippen LogP contribution in [0.5, 0.6) is 0 Å². The zero-order chi connectivity index (χ0) is 18.8. The van der Waals surface area contributed by atoms with E-state index in [0.717, 1.165) is 32.4 Å². The van der Waals surface area contributed by atoms with E-state index in [9.17, 15) is 9.59 Å². The number of hydrogen-bond donors (Lipinski definition) is 1. The molecule has 1 aromatic heterocycles. The number of amides is 2. The molecule has 0 saturated carbocycles. The highest BCUT2D eigenvalue weighted by atomic mass is 16.6. The number of nitrogens with zero attached hydrogens (tertiary/aromatic N) is 3. The first-order valence-electron chi connectivity index (χ1n) is 9.37. The molecule has 0 bridgehead atoms. The van der Waals surface area contributed by atoms with Crippen LogP contribution < -0.4 is 5.32 Å². The molecule has 2 heterocycles. The van der Waals surface area contributed by atoms with Crippen molar-refractivity contribution in [1.82, 2.24) is 20.1 Å². The first-order chi connectivity index (χ1) is 12.6. The number of carbonyl (C=O) groups excluding carboxylic acids is 2. The molecular weight excluding hydrogens is 332 g/mol. The van der Waals surface area contributed by atoms with Gasteiger partial charge in [0.15, 0.2) is 0 Å². The van der Waals surface area contributed by atoms with E-state index in [1.165, 1.54) is 5.56 Å². The van der Waals surface area contributed by atoms with Gasteiger partial charge in [-0.1, -0.05) is 0 Å². The lowest BCUT2D eigenvalue weighted by Crippen LogP contribution is -2.47. The number of rotatable bonds is 8. The fourth-order valence-corrected chi connectivity index (χ4v) is 2.99. The standard InChI is InChI=1S/C19H30N4O3/c1-3-26-19(25)23-14-7-17(8-15-23)21-18(24)9-13-22(2)12-6-16-4-10-20-11-5-16/h4-5,10-11,17H,3,6-9,12-15H2,1-2H3,(H,21,24). The minimum absolute atomic E-state index is 0.0790. The lowest BCUT2D eigenvalue weighted by atomic mass is 10.1. The van der Waals surface area contributed by atoms with Gasteiger partial charge in [0.1, 0.15) is 0 Å². The molecule has 0 aromatic carbocycles. The summed E-state index contributed by atoms with van der Waals surface area (Å²) in [5, 5.41) is 3.09. The van der Waals surface area contributed by atoms with E-state index in [2.05, 4.69) is 15.2 Å². The number of nitrogens with one attached hydrogen (secondary N) is 1. The zero-order valence-corrected chi connectivity index (χ0v) is 15.8. The van der Waals surface area contributed by atoms with Gasteiger partial charge in [-0.25, -0.2) is 4.79 Å². The predicted molar refractivity (Wildman–Crippen MR) is 99.8 cm³/mol. The van der Waals surface area contributed by atoms with Crippen molar-refractivity contribution in [2.24, 2.45) is 0 Å². The fourth-order valence-electron chi connectivity index (χ4n) is 2.99. The molecule has 1 fully saturated rings. The number of ether oxygens (including phenoxy) is 1. The molecule has 144 valence electrons. The fraction of sp³-hybridized carbons (Fsp3) is 0.632. The maximum atomic E-state index is 12.2. The lowest BCUT2D eigenvalue weighted by Gasteiger charge is -2.31. The smallest absolute Gasteiger partial charge is 0.409 e. The van der Waals surface area contributed by atoms with Crippen molar-refractivity contribution < 1.29 is 14.3 Å². The van der Waals surface area contributed by atoms with Crippen LogP contribution in [0, 0.1) is 0 Å². The molecule has 1 aromatic rings. The van der Waals surface area contributed by atoms with E-state index in [-0.39, 0.29) is 18.0 Å². The third-order valence-corrected chi connectivity index (χ3v) is 4.64. The normalized spacial score (nSPS) is 15.1. The minimum Gasteiger partial charge on any atom is -0.450 e. The third-order valence-electron chi connectivity index (χ3n) is 4.64. The van der Waals surface area contributed by atoms with Crippen LogP contribution in [0.1, 0.15) is 31.7 Å². The molecule has 7 heteroatoms. The summed E-state index contributed by atoms with van der Waals surface area (Å²) in [7, 11) is 2.03. The van der Waals surface area contributed by atoms with Gasteiger partial charge in [0.05, 0.1) is 6.61 Å². The maximum absolute atomic E-state index is 12.2. The van der Waals surface area contributed by atoms with E-state index in [1.807, 2.05) is 19.2 Å². The van der Waals surface area contributed by atoms with Crippen LogP contribution in [-0.2, 0) is 16.0 Å². The van der Waals surface area contributed by atoms with Crippen molar-refractivity contribution in [3.8, 4) is 0 Å². The van der Waals surface area contributed by atoms with Crippen LogP contribution in [0.4, 0.5) is 4.79 Å². The van der Waals surface area contributed by atoms with E-state index in [0.29, 0.717) is 26.1 Å². The Morgan fingerprint density at radius 1 is 1.27 bits per heavy atom. The summed E-state index contributed by atoms with van der Waals surface area (Å²) in [4.78, 5) is 31.7. The third kappa shape index (κ3) is 7.00. The molecule has 1 aliphatic rings. The maximum Gasteiger partial charge on any atom is 0.409 e. The molecule has 0 radical (unpaired) electrons. The summed E-state index contributed by atoms with van der Waals surface area (Å²) in [6, 6.07) is 4.18. The van der Waals surface area contributed by atoms with E-state index < -0.39 is 0 Å². The predicted octanol–water partition coefficient (Wildman–Crippen LogP) is 1.68. The second-order valence-electron chi connectivity index (χ2n) is 6.69. The quantitative estimate of drug-likeness (QED) is 0.762. The van der Waals surface area contributed by atoms with Crippen LogP contribution in [0.2, 0.25) is 0 Å². The van der Waals surface area contributed by atoms with E-state index >= 15 is 0 Å². The Morgan fingerprint density at radius 3 is 2.62 bits per heavy atom. The van der Waals surface area contributed by atoms with Crippen molar-refractivity contribution >= 4 is 12.0 Å². The Bertz CT molecular complexity index is 559. The number of likely N-dealkylation sites (tertiary alicyclic amines) is 1. The van der Waals surface area contributed by atoms with Crippen molar-refractivity contribution in [2.75, 3.05) is 39.8 Å². The van der Waals surface area contributed by atoms with Crippen molar-refractivity contribution in [2.45, 2.75) is 38.6 Å². The minimum atomic E-state index is -0.256. The second kappa shape index (κ2) is 10.8. The van der Waals surface area contributed by atoms with Gasteiger partial charge in [0, 0.05) is 51.0 Å². The summed E-state index contributed by atoms with van der Waals surface area (Å²) >= 11 is 0. The molecule has 0 spiro atoms. The molecule has 0 atom stereocenters. The monoisotopic (exact) mass is 362 g/mol. The van der Waals surface area contributed by atoms with Crippen LogP contribution >= 0.6 is 0 Å². The number of piperidine rings is 1. The van der Waals surface area contributed by atoms with Gasteiger partial charge in [-0.3, -0.25) is 9.78 Å². The highest BCUT2D eigenvalue weighted by Crippen LogP contribution is 2.11. The highest BCUT2D eigenvalue weighted by Gasteiger charge is 2.24. The molecule has 26 heavy (non-hydrogen) atoms. The molecule has 1 saturated heterocycles. The summed E-state index contributed by atoms with van der Waals surface area (Å²) in [6.45, 7) is 5.11. The van der Waals surface area contributed by atoms with Gasteiger partial charge < -0.3 is 19.9 Å². The lowest BCUT2D eigenvalue weighted by molar-refractivity contribution is -0.122. The number of likely N-dealkylation sites (N-methyl/N-ethyl adjacent to an activating group) is 1. The Balaban J connectivity index is 1.59. The van der Waals surface area contributed by atoms with E-state index in [1.54, 1.807) is 24.2 Å². The molecule has 1 N–H and O–H groups in total. The first-order valence-corrected chi connectivity index (χ1v) is 9.37. The Kier molecular flexibility index (Phi) is 8.34. The molecule has 1 aliphatic heterocycles. The number of pyridine rings is 1. The molecule has 2 amide bonds. The zero-order valence-electron chi connectivity index (χ0n) is 15.8. The largest absolute Gasteiger partial charge is 0.450 e. The van der Waals surface area contributed by atoms with Crippen LogP contribution in [0.25, 0.3) is 0 Å². The summed E-state index contributed by atoms with van der Waals surface area (Å²) in [5.74, 6) is 0.0790. The molecule has 0 aliphatic carbocycles. The Morgan fingerprint density at radius 2 is 1.96 bits per heavy atom. The van der Waals surface area contributed by atoms with Crippen LogP contribution in [0.3, 0.4) is 0 Å². The van der Waals surface area contributed by atoms with E-state index in [4.69, 9.17) is 4.74 Å². The summed E-state index contributed by atoms with van der Waals surface area (Å²) in [5.41, 5.74) is 1.25. The highest BCUT2D eigenvalue weighted by molar-refractivity contribution is 5.76. The average Bonchev–Trinajstić information content (AvgIpc) is 2.66. The first kappa shape index (κ1) is 20.2. The van der Waals surface area contributed by atoms with Gasteiger partial charge >= 0.3 is 6.09 Å². The topological polar surface area (TPSA) is 74.8 Å². The van der Waals surface area contributed by atoms with Gasteiger partial charge in [-0.2, -0.15) is 0 Å². The number of carbonyl (C=O) groups is 2. The van der Waals surface area contributed by atoms with Crippen molar-refractivity contribution in [3.05, 3.63) is 30.1 Å². The van der Waals surface area contributed by atoms with Gasteiger partial charge in [0.2, 0.25) is 5.91 Å². The van der Waals surface area contributed by atoms with Gasteiger partial charge in [-0.15, -0.1) is 0 Å². The molecule has 7 nitrogen and oxygen atoms in total. The van der Waals surface area contributed by atoms with Crippen molar-refractivity contribution in [3.63, 3.8) is 0 Å². The van der Waals surface area contributed by atoms with Crippen molar-refractivity contribution in [1.29, 1.82) is 0 Å². The van der Waals surface area contributed by atoms with Crippen LogP contribution in [0.15, 0.2) is 24.5 Å². The number of hydrogen-bond acceptors (Lipinski definition) is 5. The molecule has 2 rings (SSSR count). The SMILES string of the molecule is CCOC(=O)N1CCC(NC(=O)CCN(C)CCc2ccncc2)CC1. The summed E-state index contributed by atoms with van der Waals surface area (Å²) in [6.07, 6.45) is 6.35. The van der Waals surface area contributed by atoms with Gasteiger partial charge in [-0.05, 0) is 50.9 Å². The van der Waals surface area contributed by atoms with Gasteiger partial charge in [0.25, 0.3) is 0 Å². The molecular formula is C19H30N4O3.